The van der Waals surface area contributed by atoms with Crippen LogP contribution in [0.3, 0.4) is 0 Å². The van der Waals surface area contributed by atoms with E-state index in [1.807, 2.05) is 31.2 Å². The van der Waals surface area contributed by atoms with Crippen molar-refractivity contribution in [1.29, 1.82) is 0 Å². The molecule has 104 valence electrons. The third kappa shape index (κ3) is 3.00. The Morgan fingerprint density at radius 1 is 1.10 bits per heavy atom. The van der Waals surface area contributed by atoms with E-state index in [1.165, 1.54) is 0 Å². The van der Waals surface area contributed by atoms with E-state index in [2.05, 4.69) is 0 Å². The summed E-state index contributed by atoms with van der Waals surface area (Å²) in [5, 5.41) is 27.9. The Hall–Kier alpha value is -2.69. The zero-order valence-corrected chi connectivity index (χ0v) is 10.8. The zero-order chi connectivity index (χ0) is 14.7. The van der Waals surface area contributed by atoms with E-state index in [0.29, 0.717) is 0 Å². The molecule has 0 aromatic heterocycles. The number of ether oxygens (including phenoxy) is 1. The fourth-order valence-corrected chi connectivity index (χ4v) is 1.76. The highest BCUT2D eigenvalue weighted by atomic mass is 16.5. The van der Waals surface area contributed by atoms with Crippen LogP contribution in [0.5, 0.6) is 17.2 Å². The van der Waals surface area contributed by atoms with Crippen molar-refractivity contribution in [2.75, 3.05) is 0 Å². The first-order valence-electron chi connectivity index (χ1n) is 5.95. The number of carbonyl (C=O) groups is 1. The van der Waals surface area contributed by atoms with Gasteiger partial charge in [0.1, 0.15) is 6.61 Å². The first kappa shape index (κ1) is 13.7. The van der Waals surface area contributed by atoms with Crippen molar-refractivity contribution in [1.82, 2.24) is 0 Å². The molecule has 0 heterocycles. The van der Waals surface area contributed by atoms with Crippen LogP contribution in [0.1, 0.15) is 21.5 Å². The summed E-state index contributed by atoms with van der Waals surface area (Å²) >= 11 is 0. The largest absolute Gasteiger partial charge is 0.504 e. The van der Waals surface area contributed by atoms with E-state index in [1.54, 1.807) is 0 Å². The molecule has 0 saturated heterocycles. The molecule has 20 heavy (non-hydrogen) atoms. The zero-order valence-electron chi connectivity index (χ0n) is 10.8. The van der Waals surface area contributed by atoms with Gasteiger partial charge in [0.05, 0.1) is 5.56 Å². The number of rotatable bonds is 3. The van der Waals surface area contributed by atoms with Crippen molar-refractivity contribution in [2.24, 2.45) is 0 Å². The molecule has 0 amide bonds. The topological polar surface area (TPSA) is 87.0 Å². The molecule has 0 saturated carbocycles. The van der Waals surface area contributed by atoms with Gasteiger partial charge >= 0.3 is 5.97 Å². The highest BCUT2D eigenvalue weighted by molar-refractivity contribution is 5.91. The summed E-state index contributed by atoms with van der Waals surface area (Å²) in [6, 6.07) is 9.57. The minimum absolute atomic E-state index is 0.0366. The molecule has 0 atom stereocenters. The van der Waals surface area contributed by atoms with Crippen LogP contribution >= 0.6 is 0 Å². The average molecular weight is 274 g/mol. The monoisotopic (exact) mass is 274 g/mol. The number of esters is 1. The molecule has 5 nitrogen and oxygen atoms in total. The lowest BCUT2D eigenvalue weighted by atomic mass is 10.1. The Bertz CT molecular complexity index is 625. The summed E-state index contributed by atoms with van der Waals surface area (Å²) in [7, 11) is 0. The molecule has 2 aromatic carbocycles. The van der Waals surface area contributed by atoms with Gasteiger partial charge in [-0.1, -0.05) is 29.8 Å². The van der Waals surface area contributed by atoms with Crippen LogP contribution in [-0.2, 0) is 11.3 Å². The number of aryl methyl sites for hydroxylation is 1. The molecular weight excluding hydrogens is 260 g/mol. The molecule has 5 heteroatoms. The number of aromatic hydroxyl groups is 3. The predicted molar refractivity (Wildman–Crippen MR) is 71.7 cm³/mol. The summed E-state index contributed by atoms with van der Waals surface area (Å²) in [6.45, 7) is 2.02. The lowest BCUT2D eigenvalue weighted by Gasteiger charge is -2.07. The molecule has 0 radical (unpaired) electrons. The third-order valence-corrected chi connectivity index (χ3v) is 2.76. The van der Waals surface area contributed by atoms with Gasteiger partial charge in [-0.05, 0) is 24.6 Å². The minimum atomic E-state index is -0.697. The smallest absolute Gasteiger partial charge is 0.338 e. The van der Waals surface area contributed by atoms with Crippen LogP contribution in [0.25, 0.3) is 0 Å². The van der Waals surface area contributed by atoms with Gasteiger partial charge in [-0.2, -0.15) is 0 Å². The van der Waals surface area contributed by atoms with Gasteiger partial charge in [0.25, 0.3) is 0 Å². The maximum Gasteiger partial charge on any atom is 0.338 e. The second-order valence-corrected chi connectivity index (χ2v) is 4.43. The van der Waals surface area contributed by atoms with Gasteiger partial charge in [0.15, 0.2) is 17.2 Å². The number of hydrogen-bond donors (Lipinski definition) is 3. The lowest BCUT2D eigenvalue weighted by molar-refractivity contribution is 0.0471. The van der Waals surface area contributed by atoms with Crippen LogP contribution in [0, 0.1) is 6.92 Å². The van der Waals surface area contributed by atoms with E-state index < -0.39 is 23.2 Å². The first-order valence-corrected chi connectivity index (χ1v) is 5.95. The van der Waals surface area contributed by atoms with Gasteiger partial charge in [0, 0.05) is 0 Å². The quantitative estimate of drug-likeness (QED) is 0.591. The van der Waals surface area contributed by atoms with Gasteiger partial charge in [0.2, 0.25) is 0 Å². The number of hydrogen-bond acceptors (Lipinski definition) is 5. The van der Waals surface area contributed by atoms with E-state index in [0.717, 1.165) is 23.3 Å². The predicted octanol–water partition coefficient (Wildman–Crippen LogP) is 2.47. The normalized spacial score (nSPS) is 10.2. The van der Waals surface area contributed by atoms with Gasteiger partial charge in [-0.3, -0.25) is 0 Å². The van der Waals surface area contributed by atoms with Crippen molar-refractivity contribution in [3.8, 4) is 17.2 Å². The maximum atomic E-state index is 11.8. The second kappa shape index (κ2) is 5.52. The van der Waals surface area contributed by atoms with Crippen molar-refractivity contribution in [3.63, 3.8) is 0 Å². The fraction of sp³-hybridized carbons (Fsp3) is 0.133. The van der Waals surface area contributed by atoms with Crippen LogP contribution in [0.15, 0.2) is 36.4 Å². The van der Waals surface area contributed by atoms with E-state index in [9.17, 15) is 20.1 Å². The summed E-state index contributed by atoms with van der Waals surface area (Å²) in [6.07, 6.45) is 0. The molecular formula is C15H14O5. The average Bonchev–Trinajstić information content (AvgIpc) is 2.41. The Morgan fingerprint density at radius 3 is 2.35 bits per heavy atom. The molecule has 0 bridgehead atoms. The molecule has 0 aliphatic carbocycles. The van der Waals surface area contributed by atoms with Crippen molar-refractivity contribution in [3.05, 3.63) is 53.1 Å². The van der Waals surface area contributed by atoms with Crippen molar-refractivity contribution in [2.45, 2.75) is 13.5 Å². The van der Waals surface area contributed by atoms with Crippen molar-refractivity contribution >= 4 is 5.97 Å². The SMILES string of the molecule is Cc1cccc(COC(=O)c2cc(O)c(O)c(O)c2)c1. The van der Waals surface area contributed by atoms with Crippen molar-refractivity contribution < 1.29 is 24.9 Å². The number of phenols is 3. The van der Waals surface area contributed by atoms with E-state index in [-0.39, 0.29) is 12.2 Å². The molecule has 2 rings (SSSR count). The van der Waals surface area contributed by atoms with Gasteiger partial charge in [-0.25, -0.2) is 4.79 Å². The summed E-state index contributed by atoms with van der Waals surface area (Å²) in [5.41, 5.74) is 1.86. The highest BCUT2D eigenvalue weighted by Crippen LogP contribution is 2.35. The maximum absolute atomic E-state index is 11.8. The van der Waals surface area contributed by atoms with Crippen LogP contribution in [-0.4, -0.2) is 21.3 Å². The standard InChI is InChI=1S/C15H14O5/c1-9-3-2-4-10(5-9)8-20-15(19)11-6-12(16)14(18)13(17)7-11/h2-7,16-18H,8H2,1H3. The highest BCUT2D eigenvalue weighted by Gasteiger charge is 2.14. The van der Waals surface area contributed by atoms with Crippen LogP contribution < -0.4 is 0 Å². The molecule has 0 fully saturated rings. The summed E-state index contributed by atoms with van der Waals surface area (Å²) in [4.78, 5) is 11.8. The molecule has 0 spiro atoms. The summed E-state index contributed by atoms with van der Waals surface area (Å²) in [5.74, 6) is -2.52. The molecule has 3 N–H and O–H groups in total. The number of carbonyl (C=O) groups excluding carboxylic acids is 1. The Kier molecular flexibility index (Phi) is 3.79. The van der Waals surface area contributed by atoms with E-state index in [4.69, 9.17) is 4.74 Å². The first-order chi connectivity index (χ1) is 9.47. The Balaban J connectivity index is 2.09. The Morgan fingerprint density at radius 2 is 1.75 bits per heavy atom. The molecule has 0 unspecified atom stereocenters. The second-order valence-electron chi connectivity index (χ2n) is 4.43. The third-order valence-electron chi connectivity index (χ3n) is 2.76. The van der Waals surface area contributed by atoms with Crippen LogP contribution in [0.2, 0.25) is 0 Å². The van der Waals surface area contributed by atoms with Gasteiger partial charge < -0.3 is 20.1 Å². The lowest BCUT2D eigenvalue weighted by Crippen LogP contribution is -2.05. The van der Waals surface area contributed by atoms with E-state index >= 15 is 0 Å². The van der Waals surface area contributed by atoms with Crippen LogP contribution in [0.4, 0.5) is 0 Å². The number of benzene rings is 2. The molecule has 0 aliphatic heterocycles. The Labute approximate surface area is 115 Å². The fourth-order valence-electron chi connectivity index (χ4n) is 1.76. The number of phenolic OH excluding ortho intramolecular Hbond substituents is 3. The molecule has 2 aromatic rings. The molecule has 0 aliphatic rings. The van der Waals surface area contributed by atoms with Gasteiger partial charge in [-0.15, -0.1) is 0 Å². The minimum Gasteiger partial charge on any atom is -0.504 e. The summed E-state index contributed by atoms with van der Waals surface area (Å²) < 4.78 is 5.08.